The molecule has 1 aromatic rings. The lowest BCUT2D eigenvalue weighted by Crippen LogP contribution is -2.54. The van der Waals surface area contributed by atoms with Gasteiger partial charge in [-0.2, -0.15) is 0 Å². The van der Waals surface area contributed by atoms with Gasteiger partial charge in [-0.25, -0.2) is 0 Å². The van der Waals surface area contributed by atoms with Crippen molar-refractivity contribution in [3.8, 4) is 5.75 Å². The van der Waals surface area contributed by atoms with Crippen molar-refractivity contribution in [3.05, 3.63) is 41.2 Å². The molecule has 3 nitrogen and oxygen atoms in total. The SMILES string of the molecule is COc1ccc2c(c1)CC[C@@H]1[C@@H]2CC[C@@]2(C)[C@H]1CC[C@]21OC(C)=CC1=O. The predicted molar refractivity (Wildman–Crippen MR) is 100 cm³/mol. The van der Waals surface area contributed by atoms with Gasteiger partial charge in [-0.15, -0.1) is 0 Å². The number of ketones is 1. The van der Waals surface area contributed by atoms with Gasteiger partial charge in [0.05, 0.1) is 12.9 Å². The van der Waals surface area contributed by atoms with Crippen LogP contribution in [0.25, 0.3) is 0 Å². The third kappa shape index (κ3) is 1.92. The maximum atomic E-state index is 12.9. The van der Waals surface area contributed by atoms with Crippen LogP contribution in [0.4, 0.5) is 0 Å². The molecule has 0 unspecified atom stereocenters. The van der Waals surface area contributed by atoms with Gasteiger partial charge in [0.25, 0.3) is 0 Å². The van der Waals surface area contributed by atoms with E-state index in [1.54, 1.807) is 13.2 Å². The van der Waals surface area contributed by atoms with E-state index in [0.717, 1.165) is 43.6 Å². The Balaban J connectivity index is 1.50. The minimum absolute atomic E-state index is 0.0243. The van der Waals surface area contributed by atoms with Gasteiger partial charge in [-0.1, -0.05) is 13.0 Å². The number of fused-ring (bicyclic) bond motifs is 6. The first-order valence-electron chi connectivity index (χ1n) is 10.1. The average molecular weight is 352 g/mol. The molecule has 1 spiro atoms. The molecule has 5 atom stereocenters. The van der Waals surface area contributed by atoms with Crippen LogP contribution in [0.1, 0.15) is 63.0 Å². The van der Waals surface area contributed by atoms with Crippen LogP contribution in [0, 0.1) is 17.3 Å². The monoisotopic (exact) mass is 352 g/mol. The molecule has 1 aliphatic heterocycles. The molecule has 1 aromatic carbocycles. The third-order valence-electron chi connectivity index (χ3n) is 8.12. The molecule has 138 valence electrons. The van der Waals surface area contributed by atoms with Crippen molar-refractivity contribution in [3.63, 3.8) is 0 Å². The zero-order valence-electron chi connectivity index (χ0n) is 16.0. The number of aryl methyl sites for hydroxylation is 1. The van der Waals surface area contributed by atoms with Gasteiger partial charge >= 0.3 is 0 Å². The van der Waals surface area contributed by atoms with Crippen molar-refractivity contribution in [2.75, 3.05) is 7.11 Å². The van der Waals surface area contributed by atoms with Crippen LogP contribution in [0.15, 0.2) is 30.0 Å². The molecule has 2 saturated carbocycles. The number of carbonyl (C=O) groups excluding carboxylic acids is 1. The Kier molecular flexibility index (Phi) is 3.39. The number of ether oxygens (including phenoxy) is 2. The number of hydrogen-bond acceptors (Lipinski definition) is 3. The number of carbonyl (C=O) groups is 1. The summed E-state index contributed by atoms with van der Waals surface area (Å²) >= 11 is 0. The van der Waals surface area contributed by atoms with Crippen LogP contribution in [0.3, 0.4) is 0 Å². The van der Waals surface area contributed by atoms with Crippen molar-refractivity contribution in [1.82, 2.24) is 0 Å². The third-order valence-corrected chi connectivity index (χ3v) is 8.12. The van der Waals surface area contributed by atoms with Crippen LogP contribution in [0.2, 0.25) is 0 Å². The Labute approximate surface area is 155 Å². The molecule has 2 fully saturated rings. The second-order valence-corrected chi connectivity index (χ2v) is 9.02. The normalized spacial score (nSPS) is 40.5. The van der Waals surface area contributed by atoms with Gasteiger partial charge < -0.3 is 9.47 Å². The first-order valence-corrected chi connectivity index (χ1v) is 10.1. The summed E-state index contributed by atoms with van der Waals surface area (Å²) in [5.41, 5.74) is 2.39. The number of allylic oxidation sites excluding steroid dienone is 1. The highest BCUT2D eigenvalue weighted by molar-refractivity contribution is 6.00. The van der Waals surface area contributed by atoms with Gasteiger partial charge in [0.15, 0.2) is 5.60 Å². The summed E-state index contributed by atoms with van der Waals surface area (Å²) in [7, 11) is 1.74. The number of hydrogen-bond donors (Lipinski definition) is 0. The lowest BCUT2D eigenvalue weighted by Gasteiger charge is -2.52. The zero-order chi connectivity index (χ0) is 18.1. The van der Waals surface area contributed by atoms with E-state index in [1.807, 2.05) is 6.92 Å². The Morgan fingerprint density at radius 3 is 2.77 bits per heavy atom. The summed E-state index contributed by atoms with van der Waals surface area (Å²) in [6.07, 6.45) is 8.34. The summed E-state index contributed by atoms with van der Waals surface area (Å²) in [6.45, 7) is 4.27. The minimum atomic E-state index is -0.576. The van der Waals surface area contributed by atoms with E-state index in [2.05, 4.69) is 25.1 Å². The molecule has 4 aliphatic rings. The number of rotatable bonds is 1. The van der Waals surface area contributed by atoms with Crippen LogP contribution in [-0.2, 0) is 16.0 Å². The van der Waals surface area contributed by atoms with Gasteiger partial charge in [-0.3, -0.25) is 4.79 Å². The van der Waals surface area contributed by atoms with Gasteiger partial charge in [-0.05, 0) is 86.5 Å². The molecule has 0 amide bonds. The molecular weight excluding hydrogens is 324 g/mol. The molecule has 5 rings (SSSR count). The summed E-state index contributed by atoms with van der Waals surface area (Å²) in [5, 5.41) is 0. The summed E-state index contributed by atoms with van der Waals surface area (Å²) in [4.78, 5) is 12.9. The van der Waals surface area contributed by atoms with E-state index in [0.29, 0.717) is 17.8 Å². The quantitative estimate of drug-likeness (QED) is 0.729. The maximum Gasteiger partial charge on any atom is 0.203 e. The number of benzene rings is 1. The smallest absolute Gasteiger partial charge is 0.203 e. The molecule has 26 heavy (non-hydrogen) atoms. The fourth-order valence-electron chi connectivity index (χ4n) is 6.91. The van der Waals surface area contributed by atoms with Crippen LogP contribution in [-0.4, -0.2) is 18.5 Å². The largest absolute Gasteiger partial charge is 0.497 e. The van der Waals surface area contributed by atoms with Gasteiger partial charge in [0.1, 0.15) is 5.75 Å². The van der Waals surface area contributed by atoms with Crippen molar-refractivity contribution >= 4 is 5.78 Å². The van der Waals surface area contributed by atoms with E-state index in [9.17, 15) is 4.79 Å². The molecular formula is C23H28O3. The first kappa shape index (κ1) is 16.4. The molecule has 0 bridgehead atoms. The molecule has 0 radical (unpaired) electrons. The summed E-state index contributed by atoms with van der Waals surface area (Å²) < 4.78 is 11.7. The van der Waals surface area contributed by atoms with E-state index < -0.39 is 5.60 Å². The highest BCUT2D eigenvalue weighted by Gasteiger charge is 2.67. The van der Waals surface area contributed by atoms with E-state index in [1.165, 1.54) is 17.5 Å². The maximum absolute atomic E-state index is 12.9. The average Bonchev–Trinajstić information content (AvgIpc) is 3.10. The van der Waals surface area contributed by atoms with Crippen molar-refractivity contribution < 1.29 is 14.3 Å². The summed E-state index contributed by atoms with van der Waals surface area (Å²) in [5.74, 6) is 3.88. The first-order chi connectivity index (χ1) is 12.5. The molecule has 3 heteroatoms. The molecule has 0 N–H and O–H groups in total. The van der Waals surface area contributed by atoms with E-state index in [4.69, 9.17) is 9.47 Å². The van der Waals surface area contributed by atoms with Crippen LogP contribution < -0.4 is 4.74 Å². The molecule has 1 heterocycles. The van der Waals surface area contributed by atoms with Gasteiger partial charge in [0.2, 0.25) is 5.78 Å². The summed E-state index contributed by atoms with van der Waals surface area (Å²) in [6, 6.07) is 6.63. The highest BCUT2D eigenvalue weighted by Crippen LogP contribution is 2.66. The molecule has 0 saturated heterocycles. The lowest BCUT2D eigenvalue weighted by molar-refractivity contribution is -0.150. The van der Waals surface area contributed by atoms with Crippen molar-refractivity contribution in [2.24, 2.45) is 17.3 Å². The van der Waals surface area contributed by atoms with E-state index in [-0.39, 0.29) is 11.2 Å². The minimum Gasteiger partial charge on any atom is -0.497 e. The fourth-order valence-corrected chi connectivity index (χ4v) is 6.91. The van der Waals surface area contributed by atoms with Crippen LogP contribution in [0.5, 0.6) is 5.75 Å². The predicted octanol–water partition coefficient (Wildman–Crippen LogP) is 4.79. The van der Waals surface area contributed by atoms with Gasteiger partial charge in [0, 0.05) is 11.5 Å². The highest BCUT2D eigenvalue weighted by atomic mass is 16.5. The Hall–Kier alpha value is -1.77. The second-order valence-electron chi connectivity index (χ2n) is 9.02. The second kappa shape index (κ2) is 5.37. The fraction of sp³-hybridized carbons (Fsp3) is 0.609. The standard InChI is InChI=1S/C23H28O3/c1-14-12-21(24)23(26-14)11-9-20-19-6-4-15-13-16(25-3)5-7-17(15)18(19)8-10-22(20,23)2/h5,7,12-13,18-20H,4,6,8-11H2,1-3H3/t18-,19-,20+,22+,23-/m1/s1. The molecule has 0 aromatic heterocycles. The molecule has 3 aliphatic carbocycles. The van der Waals surface area contributed by atoms with E-state index >= 15 is 0 Å². The number of methoxy groups -OCH3 is 1. The lowest BCUT2D eigenvalue weighted by atomic mass is 9.53. The zero-order valence-corrected chi connectivity index (χ0v) is 16.0. The van der Waals surface area contributed by atoms with Crippen molar-refractivity contribution in [1.29, 1.82) is 0 Å². The Bertz CT molecular complexity index is 810. The Morgan fingerprint density at radius 1 is 1.19 bits per heavy atom. The Morgan fingerprint density at radius 2 is 2.04 bits per heavy atom. The van der Waals surface area contributed by atoms with Crippen molar-refractivity contribution in [2.45, 2.75) is 63.9 Å². The topological polar surface area (TPSA) is 35.5 Å². The van der Waals surface area contributed by atoms with Crippen LogP contribution >= 0.6 is 0 Å².